The fourth-order valence-corrected chi connectivity index (χ4v) is 1.63. The molecule has 1 aromatic carbocycles. The van der Waals surface area contributed by atoms with E-state index in [0.717, 1.165) is 5.56 Å². The molecule has 1 aromatic heterocycles. The fraction of sp³-hybridized carbons (Fsp3) is 0.0769. The number of halogens is 2. The van der Waals surface area contributed by atoms with Gasteiger partial charge in [-0.15, -0.1) is 0 Å². The van der Waals surface area contributed by atoms with Crippen molar-refractivity contribution in [3.8, 4) is 0 Å². The number of rotatable bonds is 2. The van der Waals surface area contributed by atoms with Crippen LogP contribution in [-0.2, 0) is 0 Å². The third-order valence-electron chi connectivity index (χ3n) is 2.35. The summed E-state index contributed by atoms with van der Waals surface area (Å²) < 4.78 is 13.5. The average Bonchev–Trinajstić information content (AvgIpc) is 2.37. The molecule has 0 aliphatic rings. The molecule has 2 N–H and O–H groups in total. The lowest BCUT2D eigenvalue weighted by Crippen LogP contribution is -2.21. The molecule has 0 saturated carbocycles. The van der Waals surface area contributed by atoms with Crippen LogP contribution in [0.5, 0.6) is 0 Å². The summed E-state index contributed by atoms with van der Waals surface area (Å²) in [5, 5.41) is 4.96. The van der Waals surface area contributed by atoms with Crippen molar-refractivity contribution >= 4 is 29.1 Å². The number of hydrogen-bond acceptors (Lipinski definition) is 2. The molecule has 0 aliphatic heterocycles. The van der Waals surface area contributed by atoms with Crippen LogP contribution in [0.1, 0.15) is 5.56 Å². The van der Waals surface area contributed by atoms with Gasteiger partial charge >= 0.3 is 6.03 Å². The molecule has 0 atom stereocenters. The zero-order valence-corrected chi connectivity index (χ0v) is 10.8. The molecule has 2 amide bonds. The Balaban J connectivity index is 2.07. The van der Waals surface area contributed by atoms with Crippen LogP contribution >= 0.6 is 11.6 Å². The lowest BCUT2D eigenvalue weighted by molar-refractivity contribution is 0.262. The molecule has 0 aliphatic carbocycles. The minimum Gasteiger partial charge on any atom is -0.304 e. The van der Waals surface area contributed by atoms with E-state index in [9.17, 15) is 9.18 Å². The standard InChI is InChI=1S/C13H11ClFN3O/c1-8-5-6-11(16-7-8)17-13(19)18-12-9(14)3-2-4-10(12)15/h2-7H,1H3,(H2,16,17,18,19). The second-order valence-corrected chi connectivity index (χ2v) is 4.30. The highest BCUT2D eigenvalue weighted by atomic mass is 35.5. The summed E-state index contributed by atoms with van der Waals surface area (Å²) in [4.78, 5) is 15.7. The molecule has 4 nitrogen and oxygen atoms in total. The number of hydrogen-bond donors (Lipinski definition) is 2. The maximum absolute atomic E-state index is 13.5. The van der Waals surface area contributed by atoms with Crippen LogP contribution in [-0.4, -0.2) is 11.0 Å². The summed E-state index contributed by atoms with van der Waals surface area (Å²) in [6.07, 6.45) is 1.62. The maximum atomic E-state index is 13.5. The first-order chi connectivity index (χ1) is 9.06. The lowest BCUT2D eigenvalue weighted by atomic mass is 10.3. The van der Waals surface area contributed by atoms with E-state index in [1.54, 1.807) is 18.3 Å². The Kier molecular flexibility index (Phi) is 3.97. The fourth-order valence-electron chi connectivity index (χ4n) is 1.42. The third-order valence-corrected chi connectivity index (χ3v) is 2.67. The summed E-state index contributed by atoms with van der Waals surface area (Å²) in [6.45, 7) is 1.88. The first-order valence-electron chi connectivity index (χ1n) is 5.51. The molecule has 2 aromatic rings. The number of carbonyl (C=O) groups is 1. The van der Waals surface area contributed by atoms with E-state index in [4.69, 9.17) is 11.6 Å². The first kappa shape index (κ1) is 13.3. The van der Waals surface area contributed by atoms with E-state index in [-0.39, 0.29) is 10.7 Å². The predicted octanol–water partition coefficient (Wildman–Crippen LogP) is 3.83. The zero-order valence-electron chi connectivity index (χ0n) is 10.1. The number of nitrogens with one attached hydrogen (secondary N) is 2. The van der Waals surface area contributed by atoms with Gasteiger partial charge in [0.05, 0.1) is 10.7 Å². The van der Waals surface area contributed by atoms with Gasteiger partial charge < -0.3 is 5.32 Å². The van der Waals surface area contributed by atoms with Gasteiger partial charge in [0.15, 0.2) is 0 Å². The van der Waals surface area contributed by atoms with Gasteiger partial charge in [0.1, 0.15) is 11.6 Å². The molecule has 0 radical (unpaired) electrons. The number of aryl methyl sites for hydroxylation is 1. The largest absolute Gasteiger partial charge is 0.324 e. The normalized spacial score (nSPS) is 10.1. The van der Waals surface area contributed by atoms with Gasteiger partial charge in [-0.2, -0.15) is 0 Å². The van der Waals surface area contributed by atoms with E-state index in [0.29, 0.717) is 5.82 Å². The van der Waals surface area contributed by atoms with Gasteiger partial charge in [0.25, 0.3) is 0 Å². The quantitative estimate of drug-likeness (QED) is 0.878. The number of amides is 2. The summed E-state index contributed by atoms with van der Waals surface area (Å²) in [6, 6.07) is 7.01. The Morgan fingerprint density at radius 1 is 1.26 bits per heavy atom. The van der Waals surface area contributed by atoms with Crippen LogP contribution < -0.4 is 10.6 Å². The first-order valence-corrected chi connectivity index (χ1v) is 5.89. The van der Waals surface area contributed by atoms with Gasteiger partial charge in [-0.3, -0.25) is 5.32 Å². The highest BCUT2D eigenvalue weighted by Gasteiger charge is 2.10. The molecule has 0 fully saturated rings. The van der Waals surface area contributed by atoms with Gasteiger partial charge in [-0.05, 0) is 30.7 Å². The van der Waals surface area contributed by atoms with Gasteiger partial charge in [0, 0.05) is 6.20 Å². The number of nitrogens with zero attached hydrogens (tertiary/aromatic N) is 1. The van der Waals surface area contributed by atoms with Crippen molar-refractivity contribution in [3.63, 3.8) is 0 Å². The molecule has 2 rings (SSSR count). The SMILES string of the molecule is Cc1ccc(NC(=O)Nc2c(F)cccc2Cl)nc1. The Labute approximate surface area is 114 Å². The van der Waals surface area contributed by atoms with Crippen LogP contribution in [0.25, 0.3) is 0 Å². The van der Waals surface area contributed by atoms with Crippen molar-refractivity contribution in [2.24, 2.45) is 0 Å². The van der Waals surface area contributed by atoms with E-state index < -0.39 is 11.8 Å². The smallest absolute Gasteiger partial charge is 0.304 e. The lowest BCUT2D eigenvalue weighted by Gasteiger charge is -2.09. The molecule has 0 saturated heterocycles. The van der Waals surface area contributed by atoms with Crippen molar-refractivity contribution in [3.05, 3.63) is 52.9 Å². The molecular formula is C13H11ClFN3O. The molecule has 0 spiro atoms. The minimum atomic E-state index is -0.608. The second-order valence-electron chi connectivity index (χ2n) is 3.90. The van der Waals surface area contributed by atoms with Crippen molar-refractivity contribution in [1.82, 2.24) is 4.98 Å². The molecule has 6 heteroatoms. The van der Waals surface area contributed by atoms with Crippen molar-refractivity contribution < 1.29 is 9.18 Å². The molecule has 1 heterocycles. The van der Waals surface area contributed by atoms with E-state index in [1.807, 2.05) is 6.92 Å². The van der Waals surface area contributed by atoms with Gasteiger partial charge in [0.2, 0.25) is 0 Å². The van der Waals surface area contributed by atoms with Crippen LogP contribution in [0.15, 0.2) is 36.5 Å². The highest BCUT2D eigenvalue weighted by molar-refractivity contribution is 6.33. The second kappa shape index (κ2) is 5.67. The maximum Gasteiger partial charge on any atom is 0.324 e. The van der Waals surface area contributed by atoms with Crippen LogP contribution in [0.4, 0.5) is 20.7 Å². The Morgan fingerprint density at radius 3 is 2.68 bits per heavy atom. The number of carbonyl (C=O) groups excluding carboxylic acids is 1. The molecule has 19 heavy (non-hydrogen) atoms. The summed E-state index contributed by atoms with van der Waals surface area (Å²) in [7, 11) is 0. The number of anilines is 2. The Hall–Kier alpha value is -2.14. The zero-order chi connectivity index (χ0) is 13.8. The summed E-state index contributed by atoms with van der Waals surface area (Å²) in [5.74, 6) is -0.227. The van der Waals surface area contributed by atoms with E-state index >= 15 is 0 Å². The molecular weight excluding hydrogens is 269 g/mol. The van der Waals surface area contributed by atoms with Crippen molar-refractivity contribution in [1.29, 1.82) is 0 Å². The van der Waals surface area contributed by atoms with E-state index in [2.05, 4.69) is 15.6 Å². The Morgan fingerprint density at radius 2 is 2.05 bits per heavy atom. The average molecular weight is 280 g/mol. The van der Waals surface area contributed by atoms with Crippen LogP contribution in [0.3, 0.4) is 0 Å². The number of aromatic nitrogens is 1. The minimum absolute atomic E-state index is 0.0613. The van der Waals surface area contributed by atoms with Crippen LogP contribution in [0, 0.1) is 12.7 Å². The van der Waals surface area contributed by atoms with Crippen molar-refractivity contribution in [2.75, 3.05) is 10.6 Å². The van der Waals surface area contributed by atoms with Gasteiger partial charge in [-0.25, -0.2) is 14.2 Å². The highest BCUT2D eigenvalue weighted by Crippen LogP contribution is 2.24. The summed E-state index contributed by atoms with van der Waals surface area (Å²) in [5.41, 5.74) is 0.914. The number of benzene rings is 1. The third kappa shape index (κ3) is 3.42. The number of urea groups is 1. The molecule has 0 bridgehead atoms. The molecule has 98 valence electrons. The summed E-state index contributed by atoms with van der Waals surface area (Å²) >= 11 is 5.80. The van der Waals surface area contributed by atoms with E-state index in [1.165, 1.54) is 18.2 Å². The predicted molar refractivity (Wildman–Crippen MR) is 73.0 cm³/mol. The van der Waals surface area contributed by atoms with Crippen molar-refractivity contribution in [2.45, 2.75) is 6.92 Å². The number of para-hydroxylation sites is 1. The van der Waals surface area contributed by atoms with Crippen LogP contribution in [0.2, 0.25) is 5.02 Å². The van der Waals surface area contributed by atoms with Gasteiger partial charge in [-0.1, -0.05) is 23.7 Å². The topological polar surface area (TPSA) is 54.0 Å². The molecule has 0 unspecified atom stereocenters. The Bertz CT molecular complexity index is 581. The monoisotopic (exact) mass is 279 g/mol. The number of pyridine rings is 1.